The normalized spacial score (nSPS) is 12.7. The highest BCUT2D eigenvalue weighted by Crippen LogP contribution is 2.05. The molecule has 19 heavy (non-hydrogen) atoms. The molecule has 0 radical (unpaired) electrons. The summed E-state index contributed by atoms with van der Waals surface area (Å²) in [6.45, 7) is 8.63. The van der Waals surface area contributed by atoms with Gasteiger partial charge in [0.2, 0.25) is 5.91 Å². The van der Waals surface area contributed by atoms with Crippen LogP contribution in [0.25, 0.3) is 0 Å². The molecule has 0 aliphatic rings. The average molecular weight is 267 g/mol. The molecule has 0 bridgehead atoms. The molecule has 1 atom stereocenters. The molecule has 0 saturated carbocycles. The highest BCUT2D eigenvalue weighted by atomic mass is 16.3. The van der Waals surface area contributed by atoms with Crippen LogP contribution in [0.1, 0.15) is 38.1 Å². The zero-order chi connectivity index (χ0) is 14.4. The second-order valence-corrected chi connectivity index (χ2v) is 5.48. The molecule has 1 aromatic rings. The molecule has 0 aliphatic heterocycles. The molecule has 0 aromatic carbocycles. The first-order valence-electron chi connectivity index (χ1n) is 6.83. The van der Waals surface area contributed by atoms with Crippen LogP contribution in [0.3, 0.4) is 0 Å². The maximum atomic E-state index is 11.8. The van der Waals surface area contributed by atoms with Gasteiger partial charge in [0, 0.05) is 18.7 Å². The first-order chi connectivity index (χ1) is 8.92. The SMILES string of the molecule is Cc1cc(C)n(CCC(=O)NC(CO)CC(C)C)n1. The monoisotopic (exact) mass is 267 g/mol. The standard InChI is InChI=1S/C14H25N3O2/c1-10(2)7-13(9-18)15-14(19)5-6-17-12(4)8-11(3)16-17/h8,10,13,18H,5-7,9H2,1-4H3,(H,15,19). The van der Waals surface area contributed by atoms with Crippen LogP contribution in [-0.2, 0) is 11.3 Å². The summed E-state index contributed by atoms with van der Waals surface area (Å²) in [5.74, 6) is 0.417. The van der Waals surface area contributed by atoms with Crippen LogP contribution in [0.2, 0.25) is 0 Å². The minimum Gasteiger partial charge on any atom is -0.394 e. The molecule has 1 rings (SSSR count). The predicted molar refractivity (Wildman–Crippen MR) is 74.8 cm³/mol. The number of hydrogen-bond donors (Lipinski definition) is 2. The molecule has 0 saturated heterocycles. The van der Waals surface area contributed by atoms with Gasteiger partial charge in [-0.3, -0.25) is 9.48 Å². The molecule has 0 spiro atoms. The lowest BCUT2D eigenvalue weighted by Gasteiger charge is -2.18. The van der Waals surface area contributed by atoms with E-state index in [0.29, 0.717) is 18.9 Å². The van der Waals surface area contributed by atoms with Crippen molar-refractivity contribution in [3.8, 4) is 0 Å². The van der Waals surface area contributed by atoms with Crippen molar-refractivity contribution in [2.45, 2.75) is 53.1 Å². The summed E-state index contributed by atoms with van der Waals surface area (Å²) in [6.07, 6.45) is 1.18. The molecule has 0 fully saturated rings. The number of hydrogen-bond acceptors (Lipinski definition) is 3. The van der Waals surface area contributed by atoms with E-state index >= 15 is 0 Å². The van der Waals surface area contributed by atoms with Gasteiger partial charge >= 0.3 is 0 Å². The Balaban J connectivity index is 2.40. The third-order valence-electron chi connectivity index (χ3n) is 3.00. The quantitative estimate of drug-likeness (QED) is 0.785. The number of carbonyl (C=O) groups is 1. The Hall–Kier alpha value is -1.36. The number of aryl methyl sites for hydroxylation is 3. The van der Waals surface area contributed by atoms with Crippen molar-refractivity contribution < 1.29 is 9.90 Å². The molecule has 1 unspecified atom stereocenters. The Kier molecular flexibility index (Phi) is 6.02. The molecule has 0 aliphatic carbocycles. The van der Waals surface area contributed by atoms with Crippen molar-refractivity contribution in [3.05, 3.63) is 17.5 Å². The van der Waals surface area contributed by atoms with E-state index in [1.807, 2.05) is 24.6 Å². The van der Waals surface area contributed by atoms with Crippen LogP contribution in [0, 0.1) is 19.8 Å². The fraction of sp³-hybridized carbons (Fsp3) is 0.714. The third kappa shape index (κ3) is 5.42. The lowest BCUT2D eigenvalue weighted by molar-refractivity contribution is -0.122. The Morgan fingerprint density at radius 1 is 1.47 bits per heavy atom. The van der Waals surface area contributed by atoms with E-state index in [2.05, 4.69) is 24.3 Å². The highest BCUT2D eigenvalue weighted by Gasteiger charge is 2.13. The fourth-order valence-corrected chi connectivity index (χ4v) is 2.16. The Labute approximate surface area is 115 Å². The zero-order valence-electron chi connectivity index (χ0n) is 12.3. The Bertz CT molecular complexity index is 413. The number of carbonyl (C=O) groups excluding carboxylic acids is 1. The molecule has 1 amide bonds. The second kappa shape index (κ2) is 7.28. The van der Waals surface area contributed by atoms with E-state index in [9.17, 15) is 9.90 Å². The first kappa shape index (κ1) is 15.7. The highest BCUT2D eigenvalue weighted by molar-refractivity contribution is 5.76. The molecule has 5 nitrogen and oxygen atoms in total. The van der Waals surface area contributed by atoms with Crippen LogP contribution in [0.5, 0.6) is 0 Å². The summed E-state index contributed by atoms with van der Waals surface area (Å²) >= 11 is 0. The minimum absolute atomic E-state index is 0.0101. The van der Waals surface area contributed by atoms with Crippen molar-refractivity contribution in [1.82, 2.24) is 15.1 Å². The molecular formula is C14H25N3O2. The van der Waals surface area contributed by atoms with Gasteiger partial charge in [-0.25, -0.2) is 0 Å². The van der Waals surface area contributed by atoms with E-state index in [1.165, 1.54) is 0 Å². The van der Waals surface area contributed by atoms with Gasteiger partial charge in [-0.1, -0.05) is 13.8 Å². The minimum atomic E-state index is -0.145. The fourth-order valence-electron chi connectivity index (χ4n) is 2.16. The Morgan fingerprint density at radius 3 is 2.63 bits per heavy atom. The van der Waals surface area contributed by atoms with Gasteiger partial charge in [-0.05, 0) is 32.3 Å². The maximum Gasteiger partial charge on any atom is 0.222 e. The number of amides is 1. The summed E-state index contributed by atoms with van der Waals surface area (Å²) in [6, 6.07) is 1.85. The van der Waals surface area contributed by atoms with Gasteiger partial charge in [0.1, 0.15) is 0 Å². The molecule has 1 heterocycles. The van der Waals surface area contributed by atoms with E-state index in [-0.39, 0.29) is 18.6 Å². The molecule has 108 valence electrons. The second-order valence-electron chi connectivity index (χ2n) is 5.48. The molecule has 1 aromatic heterocycles. The number of nitrogens with one attached hydrogen (secondary N) is 1. The topological polar surface area (TPSA) is 67.2 Å². The van der Waals surface area contributed by atoms with Gasteiger partial charge in [0.05, 0.1) is 18.3 Å². The number of rotatable bonds is 7. The third-order valence-corrected chi connectivity index (χ3v) is 3.00. The van der Waals surface area contributed by atoms with E-state index in [4.69, 9.17) is 0 Å². The van der Waals surface area contributed by atoms with Crippen molar-refractivity contribution in [2.24, 2.45) is 5.92 Å². The number of aliphatic hydroxyl groups is 1. The van der Waals surface area contributed by atoms with Gasteiger partial charge in [-0.2, -0.15) is 5.10 Å². The summed E-state index contributed by atoms with van der Waals surface area (Å²) < 4.78 is 1.84. The largest absolute Gasteiger partial charge is 0.394 e. The van der Waals surface area contributed by atoms with Crippen molar-refractivity contribution in [1.29, 1.82) is 0 Å². The van der Waals surface area contributed by atoms with Crippen molar-refractivity contribution in [3.63, 3.8) is 0 Å². The van der Waals surface area contributed by atoms with Gasteiger partial charge in [-0.15, -0.1) is 0 Å². The van der Waals surface area contributed by atoms with Crippen LogP contribution >= 0.6 is 0 Å². The van der Waals surface area contributed by atoms with Crippen LogP contribution in [0.15, 0.2) is 6.07 Å². The molecular weight excluding hydrogens is 242 g/mol. The maximum absolute atomic E-state index is 11.8. The van der Waals surface area contributed by atoms with Gasteiger partial charge < -0.3 is 10.4 Å². The number of aliphatic hydroxyl groups excluding tert-OH is 1. The average Bonchev–Trinajstić information content (AvgIpc) is 2.63. The van der Waals surface area contributed by atoms with Gasteiger partial charge in [0.25, 0.3) is 0 Å². The predicted octanol–water partition coefficient (Wildman–Crippen LogP) is 1.41. The van der Waals surface area contributed by atoms with E-state index < -0.39 is 0 Å². The van der Waals surface area contributed by atoms with Crippen LogP contribution < -0.4 is 5.32 Å². The summed E-state index contributed by atoms with van der Waals surface area (Å²) in [5.41, 5.74) is 2.03. The van der Waals surface area contributed by atoms with E-state index in [1.54, 1.807) is 0 Å². The zero-order valence-corrected chi connectivity index (χ0v) is 12.3. The van der Waals surface area contributed by atoms with Crippen molar-refractivity contribution >= 4 is 5.91 Å². The molecule has 2 N–H and O–H groups in total. The van der Waals surface area contributed by atoms with Gasteiger partial charge in [0.15, 0.2) is 0 Å². The smallest absolute Gasteiger partial charge is 0.222 e. The van der Waals surface area contributed by atoms with Crippen LogP contribution in [0.4, 0.5) is 0 Å². The number of aromatic nitrogens is 2. The van der Waals surface area contributed by atoms with E-state index in [0.717, 1.165) is 17.8 Å². The summed E-state index contributed by atoms with van der Waals surface area (Å²) in [5, 5.41) is 16.4. The lowest BCUT2D eigenvalue weighted by atomic mass is 10.0. The van der Waals surface area contributed by atoms with Crippen LogP contribution in [-0.4, -0.2) is 33.4 Å². The Morgan fingerprint density at radius 2 is 2.16 bits per heavy atom. The number of nitrogens with zero attached hydrogens (tertiary/aromatic N) is 2. The molecule has 5 heteroatoms. The summed E-state index contributed by atoms with van der Waals surface area (Å²) in [7, 11) is 0. The van der Waals surface area contributed by atoms with Crippen molar-refractivity contribution in [2.75, 3.05) is 6.61 Å². The summed E-state index contributed by atoms with van der Waals surface area (Å²) in [4.78, 5) is 11.8. The first-order valence-corrected chi connectivity index (χ1v) is 6.83. The lowest BCUT2D eigenvalue weighted by Crippen LogP contribution is -2.38.